The summed E-state index contributed by atoms with van der Waals surface area (Å²) in [7, 11) is 1.37. The van der Waals surface area contributed by atoms with Gasteiger partial charge in [0.05, 0.1) is 7.11 Å². The van der Waals surface area contributed by atoms with E-state index in [1.54, 1.807) is 0 Å². The van der Waals surface area contributed by atoms with Gasteiger partial charge >= 0.3 is 12.1 Å². The Kier molecular flexibility index (Phi) is 6.10. The molecule has 3 aromatic carbocycles. The molecule has 0 aromatic heterocycles. The number of carbonyl (C=O) groups excluding carboxylic acids is 2. The highest BCUT2D eigenvalue weighted by atomic mass is 16.6. The van der Waals surface area contributed by atoms with Crippen molar-refractivity contribution in [3.63, 3.8) is 0 Å². The first-order valence-electron chi connectivity index (χ1n) is 11.9. The van der Waals surface area contributed by atoms with Crippen LogP contribution in [0.3, 0.4) is 0 Å². The number of alkyl carbamates (subject to hydrolysis) is 1. The van der Waals surface area contributed by atoms with E-state index >= 15 is 0 Å². The molecule has 34 heavy (non-hydrogen) atoms. The summed E-state index contributed by atoms with van der Waals surface area (Å²) in [4.78, 5) is 25.7. The molecule has 1 saturated carbocycles. The highest BCUT2D eigenvalue weighted by Crippen LogP contribution is 2.44. The Bertz CT molecular complexity index is 1140. The Morgan fingerprint density at radius 3 is 2.00 bits per heavy atom. The summed E-state index contributed by atoms with van der Waals surface area (Å²) in [5, 5.41) is 2.89. The number of benzene rings is 3. The quantitative estimate of drug-likeness (QED) is 0.494. The zero-order chi connectivity index (χ0) is 23.5. The summed E-state index contributed by atoms with van der Waals surface area (Å²) in [6.07, 6.45) is 2.05. The Labute approximate surface area is 200 Å². The average molecular weight is 456 g/mol. The van der Waals surface area contributed by atoms with E-state index in [2.05, 4.69) is 41.7 Å². The number of esters is 1. The first-order chi connectivity index (χ1) is 16.6. The lowest BCUT2D eigenvalue weighted by molar-refractivity contribution is -0.150. The lowest BCUT2D eigenvalue weighted by Crippen LogP contribution is -2.57. The number of nitrogens with one attached hydrogen (secondary N) is 1. The van der Waals surface area contributed by atoms with Gasteiger partial charge in [0.25, 0.3) is 0 Å². The lowest BCUT2D eigenvalue weighted by Gasteiger charge is -2.38. The zero-order valence-electron chi connectivity index (χ0n) is 19.3. The standard InChI is InChI=1S/C29H29NO4/c1-33-27(31)29(17-15-21(16-18-29)20-9-3-2-4-10-20)30-28(32)34-19-26-24-13-7-5-11-22(24)23-12-6-8-14-25(23)26/h2-14,21,26H,15-19H2,1H3,(H,30,32). The molecular formula is C29H29NO4. The molecule has 0 radical (unpaired) electrons. The summed E-state index contributed by atoms with van der Waals surface area (Å²) >= 11 is 0. The minimum Gasteiger partial charge on any atom is -0.467 e. The zero-order valence-corrected chi connectivity index (χ0v) is 19.3. The van der Waals surface area contributed by atoms with Gasteiger partial charge in [-0.3, -0.25) is 0 Å². The largest absolute Gasteiger partial charge is 0.467 e. The van der Waals surface area contributed by atoms with Crippen molar-refractivity contribution in [1.29, 1.82) is 0 Å². The fraction of sp³-hybridized carbons (Fsp3) is 0.310. The monoisotopic (exact) mass is 455 g/mol. The van der Waals surface area contributed by atoms with E-state index < -0.39 is 17.6 Å². The van der Waals surface area contributed by atoms with Crippen LogP contribution < -0.4 is 5.32 Å². The molecule has 2 aliphatic carbocycles. The first kappa shape index (κ1) is 22.2. The van der Waals surface area contributed by atoms with E-state index in [0.717, 1.165) is 24.0 Å². The van der Waals surface area contributed by atoms with Gasteiger partial charge in [-0.15, -0.1) is 0 Å². The molecule has 5 rings (SSSR count). The minimum absolute atomic E-state index is 0.0268. The molecule has 0 bridgehead atoms. The lowest BCUT2D eigenvalue weighted by atomic mass is 9.74. The minimum atomic E-state index is -1.05. The fourth-order valence-corrected chi connectivity index (χ4v) is 5.57. The Morgan fingerprint density at radius 2 is 1.41 bits per heavy atom. The summed E-state index contributed by atoms with van der Waals surface area (Å²) < 4.78 is 10.8. The van der Waals surface area contributed by atoms with Crippen LogP contribution in [0.4, 0.5) is 4.79 Å². The van der Waals surface area contributed by atoms with E-state index in [1.807, 2.05) is 42.5 Å². The van der Waals surface area contributed by atoms with E-state index in [9.17, 15) is 9.59 Å². The van der Waals surface area contributed by atoms with Crippen LogP contribution in [0.5, 0.6) is 0 Å². The van der Waals surface area contributed by atoms with Crippen LogP contribution in [-0.4, -0.2) is 31.3 Å². The van der Waals surface area contributed by atoms with Gasteiger partial charge in [-0.25, -0.2) is 9.59 Å². The van der Waals surface area contributed by atoms with Crippen molar-refractivity contribution < 1.29 is 19.1 Å². The average Bonchev–Trinajstić information content (AvgIpc) is 3.21. The number of hydrogen-bond acceptors (Lipinski definition) is 4. The third-order valence-corrected chi connectivity index (χ3v) is 7.37. The summed E-state index contributed by atoms with van der Waals surface area (Å²) in [6, 6.07) is 26.8. The second kappa shape index (κ2) is 9.34. The van der Waals surface area contributed by atoms with Gasteiger partial charge in [-0.2, -0.15) is 0 Å². The first-order valence-corrected chi connectivity index (χ1v) is 11.9. The Morgan fingerprint density at radius 1 is 0.853 bits per heavy atom. The van der Waals surface area contributed by atoms with Crippen LogP contribution in [-0.2, 0) is 14.3 Å². The van der Waals surface area contributed by atoms with E-state index in [0.29, 0.717) is 18.8 Å². The molecule has 0 saturated heterocycles. The normalized spacial score (nSPS) is 21.3. The molecule has 0 aliphatic heterocycles. The predicted octanol–water partition coefficient (Wildman–Crippen LogP) is 5.79. The van der Waals surface area contributed by atoms with Gasteiger partial charge in [-0.05, 0) is 59.4 Å². The molecule has 0 atom stereocenters. The molecule has 1 fully saturated rings. The molecule has 5 heteroatoms. The Hall–Kier alpha value is -3.60. The summed E-state index contributed by atoms with van der Waals surface area (Å²) in [5.41, 5.74) is 4.88. The maximum atomic E-state index is 12.9. The topological polar surface area (TPSA) is 64.6 Å². The number of ether oxygens (including phenoxy) is 2. The number of methoxy groups -OCH3 is 1. The molecule has 5 nitrogen and oxygen atoms in total. The van der Waals surface area contributed by atoms with E-state index in [-0.39, 0.29) is 12.5 Å². The van der Waals surface area contributed by atoms with Gasteiger partial charge in [0, 0.05) is 5.92 Å². The molecule has 0 heterocycles. The van der Waals surface area contributed by atoms with Crippen molar-refractivity contribution in [2.75, 3.05) is 13.7 Å². The third-order valence-electron chi connectivity index (χ3n) is 7.37. The molecule has 0 unspecified atom stereocenters. The maximum absolute atomic E-state index is 12.9. The van der Waals surface area contributed by atoms with Gasteiger partial charge in [0.15, 0.2) is 0 Å². The van der Waals surface area contributed by atoms with Gasteiger partial charge in [0.1, 0.15) is 12.1 Å². The van der Waals surface area contributed by atoms with Crippen LogP contribution in [0.15, 0.2) is 78.9 Å². The molecule has 2 aliphatic rings. The fourth-order valence-electron chi connectivity index (χ4n) is 5.57. The number of rotatable bonds is 5. The SMILES string of the molecule is COC(=O)C1(NC(=O)OCC2c3ccccc3-c3ccccc32)CCC(c2ccccc2)CC1. The third kappa shape index (κ3) is 4.07. The van der Waals surface area contributed by atoms with Crippen LogP contribution in [0.25, 0.3) is 11.1 Å². The van der Waals surface area contributed by atoms with Crippen molar-refractivity contribution >= 4 is 12.1 Å². The number of hydrogen-bond donors (Lipinski definition) is 1. The van der Waals surface area contributed by atoms with E-state index in [4.69, 9.17) is 9.47 Å². The van der Waals surface area contributed by atoms with Crippen molar-refractivity contribution in [3.05, 3.63) is 95.6 Å². The molecule has 1 amide bonds. The highest BCUT2D eigenvalue weighted by molar-refractivity contribution is 5.86. The second-order valence-electron chi connectivity index (χ2n) is 9.21. The number of amides is 1. The molecule has 174 valence electrons. The van der Waals surface area contributed by atoms with Crippen LogP contribution in [0.1, 0.15) is 54.2 Å². The maximum Gasteiger partial charge on any atom is 0.408 e. The van der Waals surface area contributed by atoms with Crippen molar-refractivity contribution in [2.45, 2.75) is 43.1 Å². The van der Waals surface area contributed by atoms with Crippen molar-refractivity contribution in [2.24, 2.45) is 0 Å². The number of carbonyl (C=O) groups is 2. The van der Waals surface area contributed by atoms with Crippen molar-refractivity contribution in [1.82, 2.24) is 5.32 Å². The van der Waals surface area contributed by atoms with Crippen molar-refractivity contribution in [3.8, 4) is 11.1 Å². The second-order valence-corrected chi connectivity index (χ2v) is 9.21. The van der Waals surface area contributed by atoms with Gasteiger partial charge < -0.3 is 14.8 Å². The van der Waals surface area contributed by atoms with E-state index in [1.165, 1.54) is 23.8 Å². The smallest absolute Gasteiger partial charge is 0.408 e. The predicted molar refractivity (Wildman–Crippen MR) is 131 cm³/mol. The molecular weight excluding hydrogens is 426 g/mol. The van der Waals surface area contributed by atoms with Gasteiger partial charge in [-0.1, -0.05) is 78.9 Å². The summed E-state index contributed by atoms with van der Waals surface area (Å²) in [6.45, 7) is 0.212. The van der Waals surface area contributed by atoms with Crippen LogP contribution in [0.2, 0.25) is 0 Å². The van der Waals surface area contributed by atoms with Crippen LogP contribution >= 0.6 is 0 Å². The highest BCUT2D eigenvalue weighted by Gasteiger charge is 2.45. The molecule has 1 N–H and O–H groups in total. The Balaban J connectivity index is 1.27. The number of fused-ring (bicyclic) bond motifs is 3. The molecule has 3 aromatic rings. The molecule has 0 spiro atoms. The van der Waals surface area contributed by atoms with Crippen LogP contribution in [0, 0.1) is 0 Å². The van der Waals surface area contributed by atoms with Gasteiger partial charge in [0.2, 0.25) is 0 Å². The summed E-state index contributed by atoms with van der Waals surface area (Å²) in [5.74, 6) is -0.0724.